The number of fused-ring (bicyclic) bond motifs is 1. The zero-order chi connectivity index (χ0) is 18.5. The molecule has 1 atom stereocenters. The number of para-hydroxylation sites is 3. The number of nitrogens with one attached hydrogen (secondary N) is 3. The van der Waals surface area contributed by atoms with E-state index in [-0.39, 0.29) is 6.42 Å². The number of carbonyl (C=O) groups excluding carboxylic acids is 1. The van der Waals surface area contributed by atoms with E-state index in [4.69, 9.17) is 4.74 Å². The lowest BCUT2D eigenvalue weighted by molar-refractivity contribution is -0.139. The lowest BCUT2D eigenvalue weighted by atomic mass is 10.1. The second-order valence-corrected chi connectivity index (χ2v) is 5.75. The van der Waals surface area contributed by atoms with Crippen LogP contribution in [0.5, 0.6) is 5.75 Å². The number of hydrogen-bond acceptors (Lipinski definition) is 3. The fourth-order valence-electron chi connectivity index (χ4n) is 2.79. The molecule has 0 aliphatic carbocycles. The Morgan fingerprint density at radius 3 is 2.65 bits per heavy atom. The predicted molar refractivity (Wildman–Crippen MR) is 98.6 cm³/mol. The number of carboxylic acid groups (broad SMARTS) is 1. The first-order valence-corrected chi connectivity index (χ1v) is 8.07. The van der Waals surface area contributed by atoms with Gasteiger partial charge in [0.15, 0.2) is 0 Å². The summed E-state index contributed by atoms with van der Waals surface area (Å²) < 4.78 is 5.17. The van der Waals surface area contributed by atoms with Crippen molar-refractivity contribution in [2.75, 3.05) is 12.4 Å². The monoisotopic (exact) mass is 353 g/mol. The summed E-state index contributed by atoms with van der Waals surface area (Å²) >= 11 is 0. The van der Waals surface area contributed by atoms with Crippen LogP contribution in [-0.2, 0) is 11.2 Å². The molecule has 0 unspecified atom stereocenters. The molecule has 26 heavy (non-hydrogen) atoms. The van der Waals surface area contributed by atoms with Crippen LogP contribution in [0.4, 0.5) is 10.5 Å². The number of amides is 2. The fourth-order valence-corrected chi connectivity index (χ4v) is 2.79. The van der Waals surface area contributed by atoms with Gasteiger partial charge < -0.3 is 25.5 Å². The normalized spacial score (nSPS) is 11.7. The van der Waals surface area contributed by atoms with Crippen LogP contribution in [0.15, 0.2) is 54.7 Å². The smallest absolute Gasteiger partial charge is 0.326 e. The number of rotatable bonds is 6. The van der Waals surface area contributed by atoms with Crippen LogP contribution in [0.1, 0.15) is 5.56 Å². The average molecular weight is 353 g/mol. The highest BCUT2D eigenvalue weighted by molar-refractivity contribution is 5.94. The van der Waals surface area contributed by atoms with Crippen molar-refractivity contribution in [2.45, 2.75) is 12.5 Å². The maximum atomic E-state index is 12.2. The van der Waals surface area contributed by atoms with E-state index in [1.54, 1.807) is 30.5 Å². The Bertz CT molecular complexity index is 935. The summed E-state index contributed by atoms with van der Waals surface area (Å²) in [6, 6.07) is 12.8. The number of ether oxygens (including phenoxy) is 1. The first kappa shape index (κ1) is 17.3. The van der Waals surface area contributed by atoms with Crippen molar-refractivity contribution >= 4 is 28.6 Å². The lowest BCUT2D eigenvalue weighted by Gasteiger charge is -2.16. The number of carbonyl (C=O) groups is 2. The molecular weight excluding hydrogens is 334 g/mol. The highest BCUT2D eigenvalue weighted by atomic mass is 16.5. The molecule has 1 aromatic heterocycles. The molecule has 1 heterocycles. The Kier molecular flexibility index (Phi) is 5.07. The third-order valence-electron chi connectivity index (χ3n) is 4.06. The molecule has 3 rings (SSSR count). The van der Waals surface area contributed by atoms with Crippen LogP contribution in [0.25, 0.3) is 10.9 Å². The molecule has 0 bridgehead atoms. The van der Waals surface area contributed by atoms with Crippen molar-refractivity contribution < 1.29 is 19.4 Å². The topological polar surface area (TPSA) is 103 Å². The minimum Gasteiger partial charge on any atom is -0.495 e. The van der Waals surface area contributed by atoms with Gasteiger partial charge in [-0.2, -0.15) is 0 Å². The van der Waals surface area contributed by atoms with Gasteiger partial charge in [-0.05, 0) is 23.8 Å². The SMILES string of the molecule is COc1ccccc1NC(=O)N[C@@H](Cc1c[nH]c2ccccc12)C(=O)O. The number of aromatic nitrogens is 1. The highest BCUT2D eigenvalue weighted by Crippen LogP contribution is 2.23. The van der Waals surface area contributed by atoms with E-state index in [0.29, 0.717) is 11.4 Å². The van der Waals surface area contributed by atoms with Gasteiger partial charge in [0.1, 0.15) is 11.8 Å². The zero-order valence-corrected chi connectivity index (χ0v) is 14.2. The van der Waals surface area contributed by atoms with E-state index in [1.165, 1.54) is 7.11 Å². The molecular formula is C19H19N3O4. The van der Waals surface area contributed by atoms with Crippen LogP contribution in [0.2, 0.25) is 0 Å². The fraction of sp³-hybridized carbons (Fsp3) is 0.158. The maximum absolute atomic E-state index is 12.2. The Hall–Kier alpha value is -3.48. The van der Waals surface area contributed by atoms with Gasteiger partial charge in [0.05, 0.1) is 12.8 Å². The third-order valence-corrected chi connectivity index (χ3v) is 4.06. The summed E-state index contributed by atoms with van der Waals surface area (Å²) in [5.41, 5.74) is 2.21. The van der Waals surface area contributed by atoms with E-state index < -0.39 is 18.0 Å². The molecule has 0 radical (unpaired) electrons. The number of aliphatic carboxylic acids is 1. The van der Waals surface area contributed by atoms with E-state index in [2.05, 4.69) is 15.6 Å². The van der Waals surface area contributed by atoms with Crippen LogP contribution in [-0.4, -0.2) is 35.2 Å². The van der Waals surface area contributed by atoms with E-state index in [0.717, 1.165) is 16.5 Å². The van der Waals surface area contributed by atoms with Crippen LogP contribution >= 0.6 is 0 Å². The Morgan fingerprint density at radius 2 is 1.88 bits per heavy atom. The summed E-state index contributed by atoms with van der Waals surface area (Å²) in [4.78, 5) is 26.9. The molecule has 3 aromatic rings. The summed E-state index contributed by atoms with van der Waals surface area (Å²) in [5, 5.41) is 15.5. The number of anilines is 1. The quantitative estimate of drug-likeness (QED) is 0.547. The molecule has 7 heteroatoms. The molecule has 2 amide bonds. The zero-order valence-electron chi connectivity index (χ0n) is 14.2. The Labute approximate surface area is 150 Å². The molecule has 0 saturated heterocycles. The summed E-state index contributed by atoms with van der Waals surface area (Å²) in [6.45, 7) is 0. The van der Waals surface area contributed by atoms with Crippen molar-refractivity contribution in [3.8, 4) is 5.75 Å². The first-order valence-electron chi connectivity index (χ1n) is 8.07. The molecule has 134 valence electrons. The molecule has 0 fully saturated rings. The average Bonchev–Trinajstić information content (AvgIpc) is 3.04. The number of H-pyrrole nitrogens is 1. The summed E-state index contributed by atoms with van der Waals surface area (Å²) in [6.07, 6.45) is 1.93. The Morgan fingerprint density at radius 1 is 1.15 bits per heavy atom. The minimum atomic E-state index is -1.11. The van der Waals surface area contributed by atoms with Gasteiger partial charge >= 0.3 is 12.0 Å². The van der Waals surface area contributed by atoms with Gasteiger partial charge in [0, 0.05) is 23.5 Å². The maximum Gasteiger partial charge on any atom is 0.326 e. The molecule has 7 nitrogen and oxygen atoms in total. The second-order valence-electron chi connectivity index (χ2n) is 5.75. The van der Waals surface area contributed by atoms with Crippen molar-refractivity contribution in [3.63, 3.8) is 0 Å². The third kappa shape index (κ3) is 3.77. The van der Waals surface area contributed by atoms with Crippen molar-refractivity contribution in [1.29, 1.82) is 0 Å². The van der Waals surface area contributed by atoms with Crippen LogP contribution in [0, 0.1) is 0 Å². The van der Waals surface area contributed by atoms with Crippen molar-refractivity contribution in [1.82, 2.24) is 10.3 Å². The molecule has 0 spiro atoms. The number of hydrogen-bond donors (Lipinski definition) is 4. The van der Waals surface area contributed by atoms with Gasteiger partial charge in [0.25, 0.3) is 0 Å². The number of carboxylic acids is 1. The van der Waals surface area contributed by atoms with Crippen LogP contribution in [0.3, 0.4) is 0 Å². The van der Waals surface area contributed by atoms with Crippen molar-refractivity contribution in [3.05, 3.63) is 60.3 Å². The minimum absolute atomic E-state index is 0.165. The highest BCUT2D eigenvalue weighted by Gasteiger charge is 2.22. The first-order chi connectivity index (χ1) is 12.6. The van der Waals surface area contributed by atoms with E-state index in [9.17, 15) is 14.7 Å². The van der Waals surface area contributed by atoms with Gasteiger partial charge in [-0.3, -0.25) is 0 Å². The molecule has 0 aliphatic rings. The van der Waals surface area contributed by atoms with Gasteiger partial charge in [-0.25, -0.2) is 9.59 Å². The number of aromatic amines is 1. The molecule has 0 aliphatic heterocycles. The second kappa shape index (κ2) is 7.60. The predicted octanol–water partition coefficient (Wildman–Crippen LogP) is 2.99. The van der Waals surface area contributed by atoms with Gasteiger partial charge in [-0.1, -0.05) is 30.3 Å². The van der Waals surface area contributed by atoms with E-state index in [1.807, 2.05) is 24.3 Å². The number of benzene rings is 2. The van der Waals surface area contributed by atoms with Crippen LogP contribution < -0.4 is 15.4 Å². The number of methoxy groups -OCH3 is 1. The van der Waals surface area contributed by atoms with Crippen molar-refractivity contribution in [2.24, 2.45) is 0 Å². The lowest BCUT2D eigenvalue weighted by Crippen LogP contribution is -2.44. The van der Waals surface area contributed by atoms with E-state index >= 15 is 0 Å². The largest absolute Gasteiger partial charge is 0.495 e. The number of urea groups is 1. The molecule has 0 saturated carbocycles. The molecule has 2 aromatic carbocycles. The standard InChI is InChI=1S/C19H19N3O4/c1-26-17-9-5-4-8-15(17)21-19(25)22-16(18(23)24)10-12-11-20-14-7-3-2-6-13(12)14/h2-9,11,16,20H,10H2,1H3,(H,23,24)(H2,21,22,25)/t16-/m0/s1. The van der Waals surface area contributed by atoms with Gasteiger partial charge in [-0.15, -0.1) is 0 Å². The molecule has 4 N–H and O–H groups in total. The summed E-state index contributed by atoms with van der Waals surface area (Å²) in [7, 11) is 1.50. The van der Waals surface area contributed by atoms with Gasteiger partial charge in [0.2, 0.25) is 0 Å². The summed E-state index contributed by atoms with van der Waals surface area (Å²) in [5.74, 6) is -0.614. The Balaban J connectivity index is 1.72.